The molecule has 162 valence electrons. The van der Waals surface area contributed by atoms with Gasteiger partial charge in [0, 0.05) is 25.3 Å². The van der Waals surface area contributed by atoms with Crippen LogP contribution in [0.1, 0.15) is 56.1 Å². The molecule has 0 bridgehead atoms. The summed E-state index contributed by atoms with van der Waals surface area (Å²) in [5, 5.41) is 3.28. The van der Waals surface area contributed by atoms with Crippen LogP contribution in [0.15, 0.2) is 47.5 Å². The Hall–Kier alpha value is -1.96. The quantitative estimate of drug-likeness (QED) is 0.667. The summed E-state index contributed by atoms with van der Waals surface area (Å²) in [5.41, 5.74) is 2.53. The van der Waals surface area contributed by atoms with Crippen molar-refractivity contribution in [2.24, 2.45) is 0 Å². The van der Waals surface area contributed by atoms with Gasteiger partial charge in [-0.05, 0) is 62.0 Å². The Morgan fingerprint density at radius 2 is 1.60 bits per heavy atom. The van der Waals surface area contributed by atoms with E-state index in [1.807, 2.05) is 0 Å². The lowest BCUT2D eigenvalue weighted by atomic mass is 10.1. The van der Waals surface area contributed by atoms with E-state index in [1.54, 1.807) is 12.1 Å². The molecule has 1 aromatic heterocycles. The Kier molecular flexibility index (Phi) is 7.02. The van der Waals surface area contributed by atoms with Crippen LogP contribution in [-0.4, -0.2) is 37.4 Å². The van der Waals surface area contributed by atoms with E-state index in [9.17, 15) is 8.42 Å². The Labute approximate surface area is 180 Å². The van der Waals surface area contributed by atoms with Gasteiger partial charge in [0.15, 0.2) is 0 Å². The highest BCUT2D eigenvalue weighted by Crippen LogP contribution is 2.21. The molecule has 4 rings (SSSR count). The molecule has 1 aliphatic heterocycles. The molecule has 7 heteroatoms. The van der Waals surface area contributed by atoms with Gasteiger partial charge in [0.05, 0.1) is 0 Å². The van der Waals surface area contributed by atoms with Gasteiger partial charge < -0.3 is 5.32 Å². The third-order valence-corrected chi connectivity index (χ3v) is 7.58. The number of benzene rings is 1. The Balaban J connectivity index is 1.28. The zero-order valence-corrected chi connectivity index (χ0v) is 18.3. The van der Waals surface area contributed by atoms with Crippen LogP contribution in [0.25, 0.3) is 0 Å². The first-order valence-electron chi connectivity index (χ1n) is 11.1. The van der Waals surface area contributed by atoms with Crippen LogP contribution in [0.2, 0.25) is 0 Å². The molecule has 0 unspecified atom stereocenters. The van der Waals surface area contributed by atoms with E-state index < -0.39 is 10.0 Å². The number of rotatable bonds is 8. The maximum Gasteiger partial charge on any atom is 0.242 e. The number of aromatic nitrogens is 1. The molecule has 2 N–H and O–H groups in total. The molecule has 1 aromatic carbocycles. The van der Waals surface area contributed by atoms with Gasteiger partial charge in [0.1, 0.15) is 10.7 Å². The molecule has 0 amide bonds. The lowest BCUT2D eigenvalue weighted by molar-refractivity contribution is 0.221. The Morgan fingerprint density at radius 3 is 2.27 bits per heavy atom. The normalized spacial score (nSPS) is 18.5. The predicted molar refractivity (Wildman–Crippen MR) is 120 cm³/mol. The van der Waals surface area contributed by atoms with Crippen LogP contribution in [0, 0.1) is 0 Å². The smallest absolute Gasteiger partial charge is 0.242 e. The van der Waals surface area contributed by atoms with Crippen LogP contribution in [0.4, 0.5) is 5.82 Å². The molecular weight excluding hydrogens is 396 g/mol. The van der Waals surface area contributed by atoms with Crippen molar-refractivity contribution < 1.29 is 8.42 Å². The molecule has 0 spiro atoms. The third-order valence-electron chi connectivity index (χ3n) is 6.08. The fraction of sp³-hybridized carbons (Fsp3) is 0.522. The molecule has 0 radical (unpaired) electrons. The standard InChI is InChI=1S/C23H32N4O2S/c28-30(29,26-21-6-2-3-7-21)22-12-13-23(25-17-22)24-16-19-8-10-20(11-9-19)18-27-14-4-1-5-15-27/h8-13,17,21,26H,1-7,14-16,18H2,(H,24,25). The number of likely N-dealkylation sites (tertiary alicyclic amines) is 1. The first kappa shape index (κ1) is 21.3. The highest BCUT2D eigenvalue weighted by atomic mass is 32.2. The van der Waals surface area contributed by atoms with E-state index in [2.05, 4.69) is 44.2 Å². The predicted octanol–water partition coefficient (Wildman–Crippen LogP) is 3.90. The SMILES string of the molecule is O=S(=O)(NC1CCCC1)c1ccc(NCc2ccc(CN3CCCCC3)cc2)nc1. The van der Waals surface area contributed by atoms with Gasteiger partial charge in [-0.1, -0.05) is 43.5 Å². The number of piperidine rings is 1. The summed E-state index contributed by atoms with van der Waals surface area (Å²) in [7, 11) is -3.49. The minimum atomic E-state index is -3.49. The van der Waals surface area contributed by atoms with Crippen LogP contribution >= 0.6 is 0 Å². The van der Waals surface area contributed by atoms with Crippen molar-refractivity contribution in [2.75, 3.05) is 18.4 Å². The highest BCUT2D eigenvalue weighted by molar-refractivity contribution is 7.89. The van der Waals surface area contributed by atoms with Crippen molar-refractivity contribution >= 4 is 15.8 Å². The number of pyridine rings is 1. The second kappa shape index (κ2) is 9.90. The topological polar surface area (TPSA) is 74.3 Å². The number of hydrogen-bond acceptors (Lipinski definition) is 5. The second-order valence-electron chi connectivity index (χ2n) is 8.49. The minimum Gasteiger partial charge on any atom is -0.366 e. The van der Waals surface area contributed by atoms with Gasteiger partial charge in [0.2, 0.25) is 10.0 Å². The fourth-order valence-electron chi connectivity index (χ4n) is 4.31. The van der Waals surface area contributed by atoms with E-state index in [0.717, 1.165) is 32.2 Å². The summed E-state index contributed by atoms with van der Waals surface area (Å²) in [4.78, 5) is 7.04. The highest BCUT2D eigenvalue weighted by Gasteiger charge is 2.23. The average molecular weight is 429 g/mol. The number of sulfonamides is 1. The maximum atomic E-state index is 12.5. The van der Waals surface area contributed by atoms with Crippen molar-refractivity contribution in [2.45, 2.75) is 69.0 Å². The van der Waals surface area contributed by atoms with Crippen LogP contribution in [-0.2, 0) is 23.1 Å². The van der Waals surface area contributed by atoms with Crippen molar-refractivity contribution in [1.82, 2.24) is 14.6 Å². The molecule has 2 aliphatic rings. The third kappa shape index (κ3) is 5.80. The van der Waals surface area contributed by atoms with Gasteiger partial charge in [-0.15, -0.1) is 0 Å². The summed E-state index contributed by atoms with van der Waals surface area (Å²) in [5.74, 6) is 0.673. The number of nitrogens with one attached hydrogen (secondary N) is 2. The van der Waals surface area contributed by atoms with E-state index in [1.165, 1.54) is 49.7 Å². The van der Waals surface area contributed by atoms with Gasteiger partial charge in [0.25, 0.3) is 0 Å². The maximum absolute atomic E-state index is 12.5. The molecule has 2 aromatic rings. The largest absolute Gasteiger partial charge is 0.366 e. The molecule has 0 atom stereocenters. The van der Waals surface area contributed by atoms with Crippen molar-refractivity contribution in [1.29, 1.82) is 0 Å². The second-order valence-corrected chi connectivity index (χ2v) is 10.2. The Bertz CT molecular complexity index is 901. The van der Waals surface area contributed by atoms with Crippen LogP contribution in [0.3, 0.4) is 0 Å². The summed E-state index contributed by atoms with van der Waals surface area (Å²) in [6.07, 6.45) is 9.44. The van der Waals surface area contributed by atoms with Gasteiger partial charge >= 0.3 is 0 Å². The van der Waals surface area contributed by atoms with E-state index in [4.69, 9.17) is 0 Å². The number of hydrogen-bond donors (Lipinski definition) is 2. The zero-order valence-electron chi connectivity index (χ0n) is 17.5. The molecule has 30 heavy (non-hydrogen) atoms. The molecule has 2 heterocycles. The van der Waals surface area contributed by atoms with Crippen molar-refractivity contribution in [3.63, 3.8) is 0 Å². The van der Waals surface area contributed by atoms with Crippen molar-refractivity contribution in [3.8, 4) is 0 Å². The zero-order chi connectivity index (χ0) is 20.8. The monoisotopic (exact) mass is 428 g/mol. The van der Waals surface area contributed by atoms with Gasteiger partial charge in [-0.3, -0.25) is 4.90 Å². The summed E-state index contributed by atoms with van der Waals surface area (Å²) in [6.45, 7) is 4.09. The van der Waals surface area contributed by atoms with E-state index in [0.29, 0.717) is 12.4 Å². The van der Waals surface area contributed by atoms with E-state index in [-0.39, 0.29) is 10.9 Å². The lowest BCUT2D eigenvalue weighted by Gasteiger charge is -2.26. The molecule has 1 saturated carbocycles. The number of nitrogens with zero attached hydrogens (tertiary/aromatic N) is 2. The lowest BCUT2D eigenvalue weighted by Crippen LogP contribution is -2.32. The first-order valence-corrected chi connectivity index (χ1v) is 12.6. The summed E-state index contributed by atoms with van der Waals surface area (Å²) in [6, 6.07) is 12.1. The summed E-state index contributed by atoms with van der Waals surface area (Å²) >= 11 is 0. The van der Waals surface area contributed by atoms with E-state index >= 15 is 0 Å². The van der Waals surface area contributed by atoms with Gasteiger partial charge in [-0.2, -0.15) is 0 Å². The fourth-order valence-corrected chi connectivity index (χ4v) is 5.56. The molecular formula is C23H32N4O2S. The van der Waals surface area contributed by atoms with Crippen LogP contribution in [0.5, 0.6) is 0 Å². The average Bonchev–Trinajstić information content (AvgIpc) is 3.27. The molecule has 2 fully saturated rings. The minimum absolute atomic E-state index is 0.0608. The van der Waals surface area contributed by atoms with Crippen molar-refractivity contribution in [3.05, 3.63) is 53.7 Å². The molecule has 1 saturated heterocycles. The first-order chi connectivity index (χ1) is 14.6. The molecule has 1 aliphatic carbocycles. The Morgan fingerprint density at radius 1 is 0.900 bits per heavy atom. The van der Waals surface area contributed by atoms with Crippen LogP contribution < -0.4 is 10.0 Å². The number of anilines is 1. The summed E-state index contributed by atoms with van der Waals surface area (Å²) < 4.78 is 27.7. The van der Waals surface area contributed by atoms with Gasteiger partial charge in [-0.25, -0.2) is 18.1 Å². The molecule has 6 nitrogen and oxygen atoms in total.